The summed E-state index contributed by atoms with van der Waals surface area (Å²) in [4.78, 5) is 28.3. The number of piperidine rings is 1. The first-order valence-electron chi connectivity index (χ1n) is 10.4. The number of likely N-dealkylation sites (tertiary alicyclic amines) is 1. The van der Waals surface area contributed by atoms with Gasteiger partial charge in [-0.05, 0) is 48.9 Å². The number of carbonyl (C=O) groups is 2. The molecule has 5 nitrogen and oxygen atoms in total. The van der Waals surface area contributed by atoms with Gasteiger partial charge in [-0.1, -0.05) is 24.3 Å². The topological polar surface area (TPSA) is 55.8 Å². The van der Waals surface area contributed by atoms with Crippen LogP contribution < -0.4 is 9.47 Å². The lowest BCUT2D eigenvalue weighted by atomic mass is 9.51. The number of hydrogen-bond donors (Lipinski definition) is 0. The first-order valence-corrected chi connectivity index (χ1v) is 10.4. The van der Waals surface area contributed by atoms with Crippen LogP contribution >= 0.6 is 0 Å². The minimum Gasteiger partial charge on any atom is -0.493 e. The molecule has 2 bridgehead atoms. The van der Waals surface area contributed by atoms with Crippen LogP contribution in [0.15, 0.2) is 42.5 Å². The molecule has 5 heteroatoms. The third-order valence-electron chi connectivity index (χ3n) is 7.59. The van der Waals surface area contributed by atoms with E-state index in [4.69, 9.17) is 9.47 Å². The maximum absolute atomic E-state index is 13.4. The molecule has 0 radical (unpaired) electrons. The molecule has 2 aromatic carbocycles. The van der Waals surface area contributed by atoms with Crippen LogP contribution in [-0.4, -0.2) is 42.4 Å². The van der Waals surface area contributed by atoms with Crippen molar-refractivity contribution in [3.05, 3.63) is 59.2 Å². The summed E-state index contributed by atoms with van der Waals surface area (Å²) in [6.45, 7) is 0.651. The van der Waals surface area contributed by atoms with Crippen LogP contribution in [0.2, 0.25) is 0 Å². The van der Waals surface area contributed by atoms with E-state index < -0.39 is 6.10 Å². The Labute approximate surface area is 169 Å². The van der Waals surface area contributed by atoms with Gasteiger partial charge < -0.3 is 14.4 Å². The number of nitrogens with zero attached hydrogens (tertiary/aromatic N) is 1. The van der Waals surface area contributed by atoms with Gasteiger partial charge in [-0.15, -0.1) is 0 Å². The van der Waals surface area contributed by atoms with Crippen molar-refractivity contribution in [2.24, 2.45) is 5.92 Å². The zero-order valence-corrected chi connectivity index (χ0v) is 16.4. The maximum atomic E-state index is 13.4. The summed E-state index contributed by atoms with van der Waals surface area (Å²) in [6.07, 6.45) is 2.46. The van der Waals surface area contributed by atoms with Crippen LogP contribution in [-0.2, 0) is 16.6 Å². The van der Waals surface area contributed by atoms with Crippen molar-refractivity contribution in [1.82, 2.24) is 4.90 Å². The number of methoxy groups -OCH3 is 1. The van der Waals surface area contributed by atoms with Crippen molar-refractivity contribution in [2.75, 3.05) is 13.7 Å². The second-order valence-corrected chi connectivity index (χ2v) is 8.67. The fraction of sp³-hybridized carbons (Fsp3) is 0.417. The average molecular weight is 389 g/mol. The van der Waals surface area contributed by atoms with E-state index in [9.17, 15) is 9.59 Å². The summed E-state index contributed by atoms with van der Waals surface area (Å²) >= 11 is 0. The van der Waals surface area contributed by atoms with Crippen LogP contribution in [0.4, 0.5) is 0 Å². The summed E-state index contributed by atoms with van der Waals surface area (Å²) in [7, 11) is 1.65. The molecule has 1 amide bonds. The highest BCUT2D eigenvalue weighted by atomic mass is 16.5. The molecule has 1 saturated heterocycles. The predicted octanol–water partition coefficient (Wildman–Crippen LogP) is 3.14. The van der Waals surface area contributed by atoms with Gasteiger partial charge in [0.25, 0.3) is 5.91 Å². The third-order valence-corrected chi connectivity index (χ3v) is 7.59. The van der Waals surface area contributed by atoms with E-state index in [1.165, 1.54) is 11.1 Å². The minimum atomic E-state index is -0.442. The Morgan fingerprint density at radius 1 is 1.21 bits per heavy atom. The lowest BCUT2D eigenvalue weighted by Gasteiger charge is -2.57. The summed E-state index contributed by atoms with van der Waals surface area (Å²) in [5.74, 6) is 1.99. The summed E-state index contributed by atoms with van der Waals surface area (Å²) in [6, 6.07) is 13.7. The van der Waals surface area contributed by atoms with Gasteiger partial charge in [0.05, 0.1) is 12.5 Å². The van der Waals surface area contributed by atoms with Gasteiger partial charge in [-0.3, -0.25) is 9.59 Å². The van der Waals surface area contributed by atoms with Crippen LogP contribution in [0.25, 0.3) is 0 Å². The Kier molecular flexibility index (Phi) is 3.44. The molecule has 4 atom stereocenters. The van der Waals surface area contributed by atoms with Crippen LogP contribution in [0.3, 0.4) is 0 Å². The molecule has 4 aliphatic rings. The van der Waals surface area contributed by atoms with Gasteiger partial charge in [0.1, 0.15) is 0 Å². The fourth-order valence-electron chi connectivity index (χ4n) is 6.48. The van der Waals surface area contributed by atoms with Crippen molar-refractivity contribution < 1.29 is 19.1 Å². The van der Waals surface area contributed by atoms with E-state index in [2.05, 4.69) is 11.0 Å². The lowest BCUT2D eigenvalue weighted by molar-refractivity contribution is -0.137. The Balaban J connectivity index is 1.50. The molecule has 2 fully saturated rings. The highest BCUT2D eigenvalue weighted by molar-refractivity contribution is 5.95. The summed E-state index contributed by atoms with van der Waals surface area (Å²) < 4.78 is 11.9. The van der Waals surface area contributed by atoms with Gasteiger partial charge in [0.15, 0.2) is 23.4 Å². The average Bonchev–Trinajstić information content (AvgIpc) is 3.10. The van der Waals surface area contributed by atoms with Gasteiger partial charge in [0, 0.05) is 30.1 Å². The number of rotatable bonds is 2. The van der Waals surface area contributed by atoms with Crippen LogP contribution in [0.5, 0.6) is 11.5 Å². The third kappa shape index (κ3) is 2.05. The fourth-order valence-corrected chi connectivity index (χ4v) is 6.48. The van der Waals surface area contributed by atoms with E-state index >= 15 is 0 Å². The van der Waals surface area contributed by atoms with E-state index in [-0.39, 0.29) is 29.1 Å². The number of ketones is 1. The van der Waals surface area contributed by atoms with Crippen molar-refractivity contribution in [2.45, 2.75) is 43.2 Å². The lowest BCUT2D eigenvalue weighted by Crippen LogP contribution is -2.66. The molecule has 29 heavy (non-hydrogen) atoms. The molecule has 1 unspecified atom stereocenters. The molecule has 148 valence electrons. The number of hydrogen-bond acceptors (Lipinski definition) is 4. The smallest absolute Gasteiger partial charge is 0.254 e. The normalized spacial score (nSPS) is 31.1. The maximum Gasteiger partial charge on any atom is 0.254 e. The van der Waals surface area contributed by atoms with E-state index in [1.807, 2.05) is 36.4 Å². The zero-order valence-electron chi connectivity index (χ0n) is 16.4. The van der Waals surface area contributed by atoms with Gasteiger partial charge >= 0.3 is 0 Å². The van der Waals surface area contributed by atoms with Gasteiger partial charge in [-0.25, -0.2) is 0 Å². The SMILES string of the molecule is COc1ccc2c3c1O[C@@H]1C(=O)CC[C@@H]4[C@H](C2)N(C(=O)c2ccccc2)CCC314. The quantitative estimate of drug-likeness (QED) is 0.792. The largest absolute Gasteiger partial charge is 0.493 e. The molecular formula is C24H23NO4. The molecule has 1 saturated carbocycles. The molecule has 2 aliphatic carbocycles. The number of ether oxygens (including phenoxy) is 2. The molecular weight excluding hydrogens is 366 g/mol. The number of Topliss-reactive ketones (excluding diaryl/α,β-unsaturated/α-hetero) is 1. The van der Waals surface area contributed by atoms with Gasteiger partial charge in [-0.2, -0.15) is 0 Å². The molecule has 2 aromatic rings. The van der Waals surface area contributed by atoms with E-state index in [0.717, 1.165) is 30.6 Å². The Morgan fingerprint density at radius 3 is 2.83 bits per heavy atom. The molecule has 1 spiro atoms. The number of benzene rings is 2. The Morgan fingerprint density at radius 2 is 2.03 bits per heavy atom. The standard InChI is InChI=1S/C24H23NO4/c1-28-19-10-7-15-13-17-16-8-9-18(26)22-24(16,20(15)21(19)29-22)11-12-25(17)23(27)14-5-3-2-4-6-14/h2-7,10,16-17,22H,8-9,11-13H2,1H3/t16-,17+,22-,24?/m1/s1. The zero-order chi connectivity index (χ0) is 19.8. The monoisotopic (exact) mass is 389 g/mol. The second kappa shape index (κ2) is 5.85. The van der Waals surface area contributed by atoms with Crippen molar-refractivity contribution in [3.8, 4) is 11.5 Å². The van der Waals surface area contributed by atoms with Crippen molar-refractivity contribution >= 4 is 11.7 Å². The summed E-state index contributed by atoms with van der Waals surface area (Å²) in [5, 5.41) is 0. The van der Waals surface area contributed by atoms with Crippen molar-refractivity contribution in [1.29, 1.82) is 0 Å². The Bertz CT molecular complexity index is 1030. The highest BCUT2D eigenvalue weighted by Gasteiger charge is 2.66. The first kappa shape index (κ1) is 17.1. The summed E-state index contributed by atoms with van der Waals surface area (Å²) in [5.41, 5.74) is 2.80. The Hall–Kier alpha value is -2.82. The van der Waals surface area contributed by atoms with Crippen LogP contribution in [0.1, 0.15) is 40.7 Å². The molecule has 0 aromatic heterocycles. The molecule has 2 aliphatic heterocycles. The highest BCUT2D eigenvalue weighted by Crippen LogP contribution is 2.63. The van der Waals surface area contributed by atoms with Crippen molar-refractivity contribution in [3.63, 3.8) is 0 Å². The van der Waals surface area contributed by atoms with Gasteiger partial charge in [0.2, 0.25) is 0 Å². The molecule has 0 N–H and O–H groups in total. The second-order valence-electron chi connectivity index (χ2n) is 8.67. The minimum absolute atomic E-state index is 0.0926. The predicted molar refractivity (Wildman–Crippen MR) is 106 cm³/mol. The molecule has 6 rings (SSSR count). The number of carbonyl (C=O) groups excluding carboxylic acids is 2. The van der Waals surface area contributed by atoms with E-state index in [0.29, 0.717) is 18.7 Å². The van der Waals surface area contributed by atoms with E-state index in [1.54, 1.807) is 7.11 Å². The first-order chi connectivity index (χ1) is 14.1. The molecule has 2 heterocycles. The van der Waals surface area contributed by atoms with Crippen LogP contribution in [0, 0.1) is 5.92 Å². The number of amides is 1.